The van der Waals surface area contributed by atoms with Gasteiger partial charge in [0.05, 0.1) is 0 Å². The van der Waals surface area contributed by atoms with Crippen LogP contribution >= 0.6 is 11.3 Å². The Bertz CT molecular complexity index is 515. The number of hydrogen-bond donors (Lipinski definition) is 1. The fourth-order valence-corrected chi connectivity index (χ4v) is 3.56. The van der Waals surface area contributed by atoms with Crippen LogP contribution in [0.3, 0.4) is 0 Å². The first-order chi connectivity index (χ1) is 9.26. The van der Waals surface area contributed by atoms with Crippen molar-refractivity contribution in [1.82, 2.24) is 5.32 Å². The van der Waals surface area contributed by atoms with Crippen LogP contribution in [0.4, 0.5) is 0 Å². The average Bonchev–Trinajstić information content (AvgIpc) is 2.90. The lowest BCUT2D eigenvalue weighted by Crippen LogP contribution is -2.20. The quantitative estimate of drug-likeness (QED) is 0.765. The molecule has 2 aromatic rings. The van der Waals surface area contributed by atoms with E-state index < -0.39 is 0 Å². The van der Waals surface area contributed by atoms with E-state index >= 15 is 0 Å². The maximum absolute atomic E-state index is 3.63. The molecule has 1 N–H and O–H groups in total. The molecule has 1 aromatic carbocycles. The maximum atomic E-state index is 3.63. The largest absolute Gasteiger partial charge is 0.309 e. The summed E-state index contributed by atoms with van der Waals surface area (Å²) >= 11 is 1.92. The van der Waals surface area contributed by atoms with Gasteiger partial charge in [-0.15, -0.1) is 11.3 Å². The van der Waals surface area contributed by atoms with Crippen LogP contribution in [0.2, 0.25) is 0 Å². The van der Waals surface area contributed by atoms with Gasteiger partial charge >= 0.3 is 0 Å². The summed E-state index contributed by atoms with van der Waals surface area (Å²) in [5.41, 5.74) is 2.72. The Morgan fingerprint density at radius 1 is 1.11 bits per heavy atom. The summed E-state index contributed by atoms with van der Waals surface area (Å²) in [5.74, 6) is 0. The first-order valence-corrected chi connectivity index (χ1v) is 7.97. The predicted molar refractivity (Wildman–Crippen MR) is 85.8 cm³/mol. The molecule has 102 valence electrons. The van der Waals surface area contributed by atoms with Crippen LogP contribution in [0.25, 0.3) is 10.4 Å². The second kappa shape index (κ2) is 6.88. The molecular formula is C17H23NS. The molecule has 1 heterocycles. The van der Waals surface area contributed by atoms with Gasteiger partial charge in [-0.3, -0.25) is 0 Å². The van der Waals surface area contributed by atoms with Crippen LogP contribution in [0, 0.1) is 6.92 Å². The Kier molecular flexibility index (Phi) is 5.17. The molecule has 1 aromatic heterocycles. The van der Waals surface area contributed by atoms with Crippen molar-refractivity contribution < 1.29 is 0 Å². The molecule has 0 spiro atoms. The third-order valence-electron chi connectivity index (χ3n) is 3.43. The van der Waals surface area contributed by atoms with E-state index in [4.69, 9.17) is 0 Å². The van der Waals surface area contributed by atoms with Gasteiger partial charge in [0.1, 0.15) is 0 Å². The van der Waals surface area contributed by atoms with Crippen molar-refractivity contribution in [3.05, 3.63) is 46.8 Å². The van der Waals surface area contributed by atoms with E-state index in [1.807, 2.05) is 11.3 Å². The van der Waals surface area contributed by atoms with Crippen molar-refractivity contribution in [3.8, 4) is 10.4 Å². The molecule has 0 bridgehead atoms. The Balaban J connectivity index is 2.21. The molecular weight excluding hydrogens is 250 g/mol. The van der Waals surface area contributed by atoms with E-state index in [0.29, 0.717) is 6.04 Å². The minimum absolute atomic E-state index is 0.503. The zero-order valence-electron chi connectivity index (χ0n) is 12.1. The fraction of sp³-hybridized carbons (Fsp3) is 0.412. The third kappa shape index (κ3) is 3.46. The SMILES string of the molecule is CCCNC(CC)c1ccc(-c2ccccc2C)s1. The van der Waals surface area contributed by atoms with Crippen molar-refractivity contribution >= 4 is 11.3 Å². The molecule has 0 fully saturated rings. The second-order valence-electron chi connectivity index (χ2n) is 4.93. The minimum Gasteiger partial charge on any atom is -0.309 e. The summed E-state index contributed by atoms with van der Waals surface area (Å²) in [6.07, 6.45) is 2.33. The van der Waals surface area contributed by atoms with Crippen LogP contribution in [-0.4, -0.2) is 6.54 Å². The van der Waals surface area contributed by atoms with Gasteiger partial charge < -0.3 is 5.32 Å². The molecule has 0 saturated carbocycles. The highest BCUT2D eigenvalue weighted by Gasteiger charge is 2.12. The van der Waals surface area contributed by atoms with Crippen molar-refractivity contribution in [3.63, 3.8) is 0 Å². The van der Waals surface area contributed by atoms with E-state index in [1.54, 1.807) is 0 Å². The molecule has 2 heteroatoms. The zero-order valence-corrected chi connectivity index (χ0v) is 12.9. The van der Waals surface area contributed by atoms with E-state index in [9.17, 15) is 0 Å². The molecule has 0 aliphatic heterocycles. The lowest BCUT2D eigenvalue weighted by atomic mass is 10.1. The molecule has 0 amide bonds. The third-order valence-corrected chi connectivity index (χ3v) is 4.66. The maximum Gasteiger partial charge on any atom is 0.0412 e. The normalized spacial score (nSPS) is 12.6. The second-order valence-corrected chi connectivity index (χ2v) is 6.05. The van der Waals surface area contributed by atoms with Gasteiger partial charge in [0.25, 0.3) is 0 Å². The lowest BCUT2D eigenvalue weighted by molar-refractivity contribution is 0.525. The number of aryl methyl sites for hydroxylation is 1. The highest BCUT2D eigenvalue weighted by Crippen LogP contribution is 2.34. The van der Waals surface area contributed by atoms with Crippen molar-refractivity contribution in [2.45, 2.75) is 39.7 Å². The van der Waals surface area contributed by atoms with Crippen LogP contribution in [0.15, 0.2) is 36.4 Å². The van der Waals surface area contributed by atoms with Gasteiger partial charge in [-0.1, -0.05) is 38.1 Å². The Hall–Kier alpha value is -1.12. The van der Waals surface area contributed by atoms with Crippen molar-refractivity contribution in [2.75, 3.05) is 6.54 Å². The van der Waals surface area contributed by atoms with E-state index in [-0.39, 0.29) is 0 Å². The fourth-order valence-electron chi connectivity index (χ4n) is 2.30. The number of rotatable bonds is 6. The zero-order chi connectivity index (χ0) is 13.7. The summed E-state index contributed by atoms with van der Waals surface area (Å²) < 4.78 is 0. The Morgan fingerprint density at radius 3 is 2.58 bits per heavy atom. The predicted octanol–water partition coefficient (Wildman–Crippen LogP) is 5.17. The van der Waals surface area contributed by atoms with Gasteiger partial charge in [0.15, 0.2) is 0 Å². The molecule has 19 heavy (non-hydrogen) atoms. The molecule has 1 unspecified atom stereocenters. The monoisotopic (exact) mass is 273 g/mol. The first-order valence-electron chi connectivity index (χ1n) is 7.15. The molecule has 0 radical (unpaired) electrons. The number of hydrogen-bond acceptors (Lipinski definition) is 2. The van der Waals surface area contributed by atoms with E-state index in [1.165, 1.54) is 27.3 Å². The Morgan fingerprint density at radius 2 is 1.89 bits per heavy atom. The lowest BCUT2D eigenvalue weighted by Gasteiger charge is -2.14. The molecule has 0 saturated heterocycles. The first kappa shape index (κ1) is 14.3. The molecule has 1 nitrogen and oxygen atoms in total. The van der Waals surface area contributed by atoms with E-state index in [2.05, 4.69) is 62.5 Å². The van der Waals surface area contributed by atoms with Gasteiger partial charge in [0.2, 0.25) is 0 Å². The number of thiophene rings is 1. The summed E-state index contributed by atoms with van der Waals surface area (Å²) in [7, 11) is 0. The van der Waals surface area contributed by atoms with Crippen LogP contribution < -0.4 is 5.32 Å². The van der Waals surface area contributed by atoms with Crippen molar-refractivity contribution in [1.29, 1.82) is 0 Å². The number of nitrogens with one attached hydrogen (secondary N) is 1. The summed E-state index contributed by atoms with van der Waals surface area (Å²) in [4.78, 5) is 2.83. The summed E-state index contributed by atoms with van der Waals surface area (Å²) in [5, 5.41) is 3.63. The molecule has 0 aliphatic carbocycles. The highest BCUT2D eigenvalue weighted by atomic mass is 32.1. The highest BCUT2D eigenvalue weighted by molar-refractivity contribution is 7.15. The molecule has 2 rings (SSSR count). The van der Waals surface area contributed by atoms with Crippen LogP contribution in [0.1, 0.15) is 43.2 Å². The van der Waals surface area contributed by atoms with Crippen LogP contribution in [0.5, 0.6) is 0 Å². The minimum atomic E-state index is 0.503. The van der Waals surface area contributed by atoms with Gasteiger partial charge in [0, 0.05) is 15.8 Å². The van der Waals surface area contributed by atoms with Gasteiger partial charge in [-0.05, 0) is 49.6 Å². The Labute approximate surface area is 120 Å². The van der Waals surface area contributed by atoms with Crippen molar-refractivity contribution in [2.24, 2.45) is 0 Å². The topological polar surface area (TPSA) is 12.0 Å². The van der Waals surface area contributed by atoms with Crippen LogP contribution in [-0.2, 0) is 0 Å². The summed E-state index contributed by atoms with van der Waals surface area (Å²) in [6.45, 7) is 7.74. The number of benzene rings is 1. The average molecular weight is 273 g/mol. The molecule has 0 aliphatic rings. The van der Waals surface area contributed by atoms with E-state index in [0.717, 1.165) is 13.0 Å². The standard InChI is InChI=1S/C17H23NS/c1-4-12-18-15(5-2)17-11-10-16(19-17)14-9-7-6-8-13(14)3/h6-11,15,18H,4-5,12H2,1-3H3. The smallest absolute Gasteiger partial charge is 0.0412 e. The molecule has 1 atom stereocenters. The van der Waals surface area contributed by atoms with Gasteiger partial charge in [-0.2, -0.15) is 0 Å². The van der Waals surface area contributed by atoms with Gasteiger partial charge in [-0.25, -0.2) is 0 Å². The summed E-state index contributed by atoms with van der Waals surface area (Å²) in [6, 6.07) is 13.7.